The van der Waals surface area contributed by atoms with Crippen molar-refractivity contribution in [2.24, 2.45) is 0 Å². The Kier molecular flexibility index (Phi) is 3.83. The minimum Gasteiger partial charge on any atom is -0.494 e. The third kappa shape index (κ3) is 2.91. The summed E-state index contributed by atoms with van der Waals surface area (Å²) < 4.78 is 5.45. The lowest BCUT2D eigenvalue weighted by Crippen LogP contribution is -2.19. The molecule has 0 bridgehead atoms. The highest BCUT2D eigenvalue weighted by Crippen LogP contribution is 2.27. The van der Waals surface area contributed by atoms with Crippen LogP contribution >= 0.6 is 11.6 Å². The number of fused-ring (bicyclic) bond motifs is 1. The third-order valence-corrected chi connectivity index (χ3v) is 3.87. The van der Waals surface area contributed by atoms with Gasteiger partial charge in [0.1, 0.15) is 5.75 Å². The Morgan fingerprint density at radius 3 is 2.60 bits per heavy atom. The monoisotopic (exact) mass is 287 g/mol. The molecule has 2 aromatic rings. The first kappa shape index (κ1) is 13.3. The van der Waals surface area contributed by atoms with Gasteiger partial charge in [-0.15, -0.1) is 0 Å². The van der Waals surface area contributed by atoms with E-state index in [0.29, 0.717) is 12.6 Å². The topological polar surface area (TPSA) is 21.3 Å². The van der Waals surface area contributed by atoms with Crippen LogP contribution in [-0.2, 0) is 12.8 Å². The minimum absolute atomic E-state index is 0.446. The van der Waals surface area contributed by atoms with E-state index in [2.05, 4.69) is 29.6 Å². The molecule has 0 heterocycles. The molecule has 3 heteroatoms. The molecule has 2 nitrogen and oxygen atoms in total. The summed E-state index contributed by atoms with van der Waals surface area (Å²) in [5.41, 5.74) is 3.90. The van der Waals surface area contributed by atoms with Crippen LogP contribution in [0.25, 0.3) is 0 Å². The molecule has 1 N–H and O–H groups in total. The van der Waals surface area contributed by atoms with Crippen LogP contribution in [0.15, 0.2) is 42.5 Å². The second-order valence-corrected chi connectivity index (χ2v) is 5.56. The maximum Gasteiger partial charge on any atom is 0.119 e. The van der Waals surface area contributed by atoms with E-state index < -0.39 is 0 Å². The molecule has 0 amide bonds. The quantitative estimate of drug-likeness (QED) is 0.904. The van der Waals surface area contributed by atoms with Crippen molar-refractivity contribution in [3.05, 3.63) is 58.6 Å². The SMILES string of the molecule is CCOc1ccc(NC2Cc3ccc(Cl)cc3C2)cc1. The first-order valence-electron chi connectivity index (χ1n) is 7.01. The lowest BCUT2D eigenvalue weighted by Gasteiger charge is -2.14. The van der Waals surface area contributed by atoms with Crippen molar-refractivity contribution >= 4 is 17.3 Å². The van der Waals surface area contributed by atoms with E-state index >= 15 is 0 Å². The molecular formula is C17H18ClNO. The zero-order valence-electron chi connectivity index (χ0n) is 11.5. The number of hydrogen-bond donors (Lipinski definition) is 1. The van der Waals surface area contributed by atoms with Gasteiger partial charge in [-0.1, -0.05) is 17.7 Å². The van der Waals surface area contributed by atoms with Crippen LogP contribution in [0.3, 0.4) is 0 Å². The highest BCUT2D eigenvalue weighted by atomic mass is 35.5. The van der Waals surface area contributed by atoms with Crippen LogP contribution in [0, 0.1) is 0 Å². The first-order valence-corrected chi connectivity index (χ1v) is 7.39. The molecule has 0 aromatic heterocycles. The van der Waals surface area contributed by atoms with Gasteiger partial charge >= 0.3 is 0 Å². The van der Waals surface area contributed by atoms with Gasteiger partial charge in [0, 0.05) is 16.8 Å². The second-order valence-electron chi connectivity index (χ2n) is 5.12. The summed E-state index contributed by atoms with van der Waals surface area (Å²) in [6.07, 6.45) is 2.09. The molecule has 2 aromatic carbocycles. The number of ether oxygens (including phenoxy) is 1. The average molecular weight is 288 g/mol. The van der Waals surface area contributed by atoms with Crippen molar-refractivity contribution in [3.8, 4) is 5.75 Å². The van der Waals surface area contributed by atoms with Crippen LogP contribution in [0.5, 0.6) is 5.75 Å². The summed E-state index contributed by atoms with van der Waals surface area (Å²) in [5.74, 6) is 0.916. The molecule has 0 aliphatic heterocycles. The fourth-order valence-electron chi connectivity index (χ4n) is 2.74. The number of nitrogens with one attached hydrogen (secondary N) is 1. The molecule has 0 fully saturated rings. The Balaban J connectivity index is 1.65. The van der Waals surface area contributed by atoms with Crippen molar-refractivity contribution in [2.75, 3.05) is 11.9 Å². The van der Waals surface area contributed by atoms with Crippen LogP contribution in [0.1, 0.15) is 18.1 Å². The van der Waals surface area contributed by atoms with E-state index in [1.807, 2.05) is 25.1 Å². The number of rotatable bonds is 4. The van der Waals surface area contributed by atoms with E-state index in [-0.39, 0.29) is 0 Å². The molecule has 1 atom stereocenters. The molecule has 20 heavy (non-hydrogen) atoms. The molecule has 3 rings (SSSR count). The van der Waals surface area contributed by atoms with E-state index in [4.69, 9.17) is 16.3 Å². The summed E-state index contributed by atoms with van der Waals surface area (Å²) >= 11 is 6.04. The maximum atomic E-state index is 6.04. The molecule has 1 aliphatic rings. The average Bonchev–Trinajstić information content (AvgIpc) is 2.82. The third-order valence-electron chi connectivity index (χ3n) is 3.64. The lowest BCUT2D eigenvalue weighted by molar-refractivity contribution is 0.340. The van der Waals surface area contributed by atoms with Gasteiger partial charge in [0.2, 0.25) is 0 Å². The summed E-state index contributed by atoms with van der Waals surface area (Å²) in [6, 6.07) is 14.8. The van der Waals surface area contributed by atoms with E-state index in [9.17, 15) is 0 Å². The molecular weight excluding hydrogens is 270 g/mol. The summed E-state index contributed by atoms with van der Waals surface area (Å²) in [7, 11) is 0. The molecule has 0 spiro atoms. The number of benzene rings is 2. The second kappa shape index (κ2) is 5.76. The fraction of sp³-hybridized carbons (Fsp3) is 0.294. The molecule has 0 radical (unpaired) electrons. The first-order chi connectivity index (χ1) is 9.74. The highest BCUT2D eigenvalue weighted by Gasteiger charge is 2.21. The minimum atomic E-state index is 0.446. The molecule has 1 aliphatic carbocycles. The summed E-state index contributed by atoms with van der Waals surface area (Å²) in [6.45, 7) is 2.69. The van der Waals surface area contributed by atoms with Gasteiger partial charge in [-0.25, -0.2) is 0 Å². The van der Waals surface area contributed by atoms with Gasteiger partial charge in [-0.05, 0) is 67.3 Å². The lowest BCUT2D eigenvalue weighted by atomic mass is 10.1. The Bertz CT molecular complexity index is 594. The summed E-state index contributed by atoms with van der Waals surface area (Å²) in [5, 5.41) is 4.40. The van der Waals surface area contributed by atoms with Gasteiger partial charge in [-0.3, -0.25) is 0 Å². The summed E-state index contributed by atoms with van der Waals surface area (Å²) in [4.78, 5) is 0. The zero-order chi connectivity index (χ0) is 13.9. The number of anilines is 1. The van der Waals surface area contributed by atoms with Gasteiger partial charge in [-0.2, -0.15) is 0 Å². The fourth-order valence-corrected chi connectivity index (χ4v) is 2.93. The Morgan fingerprint density at radius 2 is 1.85 bits per heavy atom. The molecule has 104 valence electrons. The standard InChI is InChI=1S/C17H18ClNO/c1-2-20-17-7-5-15(6-8-17)19-16-10-12-3-4-14(18)9-13(12)11-16/h3-9,16,19H,2,10-11H2,1H3. The normalized spacial score (nSPS) is 16.8. The predicted molar refractivity (Wildman–Crippen MR) is 83.9 cm³/mol. The zero-order valence-corrected chi connectivity index (χ0v) is 12.3. The van der Waals surface area contributed by atoms with Crippen LogP contribution in [-0.4, -0.2) is 12.6 Å². The highest BCUT2D eigenvalue weighted by molar-refractivity contribution is 6.30. The van der Waals surface area contributed by atoms with Gasteiger partial charge < -0.3 is 10.1 Å². The van der Waals surface area contributed by atoms with Crippen LogP contribution in [0.4, 0.5) is 5.69 Å². The van der Waals surface area contributed by atoms with Gasteiger partial charge in [0.05, 0.1) is 6.61 Å². The van der Waals surface area contributed by atoms with Gasteiger partial charge in [0.25, 0.3) is 0 Å². The number of halogens is 1. The van der Waals surface area contributed by atoms with E-state index in [1.165, 1.54) is 11.1 Å². The Labute approximate surface area is 124 Å². The number of hydrogen-bond acceptors (Lipinski definition) is 2. The molecule has 0 saturated heterocycles. The largest absolute Gasteiger partial charge is 0.494 e. The maximum absolute atomic E-state index is 6.04. The smallest absolute Gasteiger partial charge is 0.119 e. The van der Waals surface area contributed by atoms with Crippen LogP contribution in [0.2, 0.25) is 5.02 Å². The van der Waals surface area contributed by atoms with Crippen molar-refractivity contribution in [1.82, 2.24) is 0 Å². The van der Waals surface area contributed by atoms with E-state index in [0.717, 1.165) is 29.3 Å². The predicted octanol–water partition coefficient (Wildman–Crippen LogP) is 4.32. The van der Waals surface area contributed by atoms with Gasteiger partial charge in [0.15, 0.2) is 0 Å². The Hall–Kier alpha value is -1.67. The van der Waals surface area contributed by atoms with Crippen molar-refractivity contribution < 1.29 is 4.74 Å². The molecule has 1 unspecified atom stereocenters. The van der Waals surface area contributed by atoms with Crippen molar-refractivity contribution in [2.45, 2.75) is 25.8 Å². The van der Waals surface area contributed by atoms with Crippen LogP contribution < -0.4 is 10.1 Å². The van der Waals surface area contributed by atoms with Crippen molar-refractivity contribution in [3.63, 3.8) is 0 Å². The molecule has 0 saturated carbocycles. The Morgan fingerprint density at radius 1 is 1.10 bits per heavy atom. The van der Waals surface area contributed by atoms with E-state index in [1.54, 1.807) is 0 Å². The van der Waals surface area contributed by atoms with Crippen molar-refractivity contribution in [1.29, 1.82) is 0 Å².